The Morgan fingerprint density at radius 3 is 2.52 bits per heavy atom. The van der Waals surface area contributed by atoms with Gasteiger partial charge in [0.2, 0.25) is 0 Å². The first-order valence-corrected chi connectivity index (χ1v) is 10.4. The molecule has 5 nitrogen and oxygen atoms in total. The van der Waals surface area contributed by atoms with E-state index in [1.54, 1.807) is 6.07 Å². The summed E-state index contributed by atoms with van der Waals surface area (Å²) in [6, 6.07) is 11.1. The molecule has 0 atom stereocenters. The van der Waals surface area contributed by atoms with Gasteiger partial charge in [0, 0.05) is 6.54 Å². The van der Waals surface area contributed by atoms with Crippen LogP contribution >= 0.6 is 0 Å². The summed E-state index contributed by atoms with van der Waals surface area (Å²) in [5.74, 6) is -0.683. The molecule has 2 aromatic rings. The number of allylic oxidation sites excluding steroid dienone is 1. The molecule has 1 aliphatic heterocycles. The molecule has 1 aliphatic rings. The van der Waals surface area contributed by atoms with E-state index >= 15 is 4.39 Å². The number of esters is 1. The predicted molar refractivity (Wildman–Crippen MR) is 119 cm³/mol. The third kappa shape index (κ3) is 6.15. The fourth-order valence-corrected chi connectivity index (χ4v) is 3.45. The molecule has 1 N–H and O–H groups in total. The predicted octanol–water partition coefficient (Wildman–Crippen LogP) is 5.40. The summed E-state index contributed by atoms with van der Waals surface area (Å²) in [4.78, 5) is 12.1. The highest BCUT2D eigenvalue weighted by Crippen LogP contribution is 2.35. The van der Waals surface area contributed by atoms with Gasteiger partial charge in [0.05, 0.1) is 30.9 Å². The molecule has 0 aliphatic carbocycles. The lowest BCUT2D eigenvalue weighted by molar-refractivity contribution is -0.153. The maximum atomic E-state index is 15.3. The van der Waals surface area contributed by atoms with Crippen molar-refractivity contribution in [2.75, 3.05) is 18.5 Å². The van der Waals surface area contributed by atoms with Crippen molar-refractivity contribution >= 4 is 17.2 Å². The lowest BCUT2D eigenvalue weighted by Gasteiger charge is -2.20. The molecule has 0 spiro atoms. The SMILES string of the molecule is C=C(C)c1ccc(NCc2cccc(CC(=O)OC(C)(C)C)c2)c(F)c1C1OCCO1. The van der Waals surface area contributed by atoms with Crippen molar-refractivity contribution in [3.63, 3.8) is 0 Å². The fraction of sp³-hybridized carbons (Fsp3) is 0.400. The Morgan fingerprint density at radius 1 is 1.19 bits per heavy atom. The molecule has 1 saturated heterocycles. The third-order valence-electron chi connectivity index (χ3n) is 4.74. The fourth-order valence-electron chi connectivity index (χ4n) is 3.45. The van der Waals surface area contributed by atoms with E-state index in [9.17, 15) is 4.79 Å². The number of anilines is 1. The van der Waals surface area contributed by atoms with E-state index in [2.05, 4.69) is 11.9 Å². The van der Waals surface area contributed by atoms with Gasteiger partial charge in [-0.25, -0.2) is 4.39 Å². The Bertz CT molecular complexity index is 958. The zero-order valence-corrected chi connectivity index (χ0v) is 18.6. The minimum Gasteiger partial charge on any atom is -0.460 e. The van der Waals surface area contributed by atoms with Crippen LogP contribution in [0.3, 0.4) is 0 Å². The van der Waals surface area contributed by atoms with Crippen LogP contribution in [0.15, 0.2) is 43.0 Å². The van der Waals surface area contributed by atoms with Gasteiger partial charge in [-0.1, -0.05) is 42.5 Å². The number of carbonyl (C=O) groups excluding carboxylic acids is 1. The van der Waals surface area contributed by atoms with Crippen LogP contribution in [-0.2, 0) is 32.0 Å². The standard InChI is InChI=1S/C25H30FNO4/c1-16(2)19-9-10-20(23(26)22(19)24-29-11-12-30-24)27-15-18-8-6-7-17(13-18)14-21(28)31-25(3,4)5/h6-10,13,24,27H,1,11-12,14-15H2,2-5H3. The molecule has 166 valence electrons. The molecule has 1 heterocycles. The van der Waals surface area contributed by atoms with Gasteiger partial charge in [-0.3, -0.25) is 4.79 Å². The van der Waals surface area contributed by atoms with Crippen LogP contribution in [0.2, 0.25) is 0 Å². The highest BCUT2D eigenvalue weighted by Gasteiger charge is 2.27. The summed E-state index contributed by atoms with van der Waals surface area (Å²) in [6.07, 6.45) is -0.543. The van der Waals surface area contributed by atoms with Crippen molar-refractivity contribution < 1.29 is 23.4 Å². The maximum Gasteiger partial charge on any atom is 0.310 e. The van der Waals surface area contributed by atoms with E-state index in [-0.39, 0.29) is 12.4 Å². The van der Waals surface area contributed by atoms with E-state index < -0.39 is 17.7 Å². The first kappa shape index (κ1) is 23.0. The van der Waals surface area contributed by atoms with E-state index in [0.717, 1.165) is 16.7 Å². The van der Waals surface area contributed by atoms with Crippen molar-refractivity contribution in [2.45, 2.75) is 52.6 Å². The molecular formula is C25H30FNO4. The molecule has 31 heavy (non-hydrogen) atoms. The molecule has 0 unspecified atom stereocenters. The highest BCUT2D eigenvalue weighted by molar-refractivity contribution is 5.73. The van der Waals surface area contributed by atoms with E-state index in [1.807, 2.05) is 58.0 Å². The van der Waals surface area contributed by atoms with Gasteiger partial charge in [-0.05, 0) is 50.5 Å². The number of ether oxygens (including phenoxy) is 3. The van der Waals surface area contributed by atoms with Gasteiger partial charge in [-0.2, -0.15) is 0 Å². The van der Waals surface area contributed by atoms with Crippen LogP contribution < -0.4 is 5.32 Å². The second kappa shape index (κ2) is 9.62. The van der Waals surface area contributed by atoms with Crippen molar-refractivity contribution in [3.05, 3.63) is 71.0 Å². The quantitative estimate of drug-likeness (QED) is 0.600. The molecule has 0 saturated carbocycles. The molecule has 0 aromatic heterocycles. The Balaban J connectivity index is 1.73. The summed E-state index contributed by atoms with van der Waals surface area (Å²) < 4.78 is 31.8. The van der Waals surface area contributed by atoms with E-state index in [0.29, 0.717) is 36.6 Å². The minimum absolute atomic E-state index is 0.188. The first-order chi connectivity index (χ1) is 14.6. The van der Waals surface area contributed by atoms with Gasteiger partial charge in [0.15, 0.2) is 12.1 Å². The average molecular weight is 428 g/mol. The Labute approximate surface area is 183 Å². The van der Waals surface area contributed by atoms with Gasteiger partial charge in [-0.15, -0.1) is 0 Å². The highest BCUT2D eigenvalue weighted by atomic mass is 19.1. The molecule has 6 heteroatoms. The second-order valence-electron chi connectivity index (χ2n) is 8.68. The van der Waals surface area contributed by atoms with E-state index in [4.69, 9.17) is 14.2 Å². The van der Waals surface area contributed by atoms with Crippen LogP contribution in [-0.4, -0.2) is 24.8 Å². The lowest BCUT2D eigenvalue weighted by Crippen LogP contribution is -2.24. The Hall–Kier alpha value is -2.70. The van der Waals surface area contributed by atoms with Crippen LogP contribution in [0.1, 0.15) is 56.2 Å². The molecule has 0 radical (unpaired) electrons. The summed E-state index contributed by atoms with van der Waals surface area (Å²) in [7, 11) is 0. The zero-order valence-electron chi connectivity index (χ0n) is 18.6. The number of halogens is 1. The topological polar surface area (TPSA) is 56.8 Å². The zero-order chi connectivity index (χ0) is 22.6. The van der Waals surface area contributed by atoms with Crippen molar-refractivity contribution in [1.82, 2.24) is 0 Å². The number of carbonyl (C=O) groups is 1. The van der Waals surface area contributed by atoms with Crippen LogP contribution in [0.5, 0.6) is 0 Å². The van der Waals surface area contributed by atoms with Gasteiger partial charge >= 0.3 is 5.97 Å². The summed E-state index contributed by atoms with van der Waals surface area (Å²) in [5.41, 5.74) is 3.42. The normalized spacial score (nSPS) is 14.5. The Kier molecular flexibility index (Phi) is 7.13. The summed E-state index contributed by atoms with van der Waals surface area (Å²) in [6.45, 7) is 12.6. The lowest BCUT2D eigenvalue weighted by atomic mass is 9.99. The summed E-state index contributed by atoms with van der Waals surface area (Å²) >= 11 is 0. The molecule has 0 amide bonds. The molecule has 0 bridgehead atoms. The van der Waals surface area contributed by atoms with Crippen LogP contribution in [0.25, 0.3) is 5.57 Å². The number of rotatable bonds is 7. The average Bonchev–Trinajstić information content (AvgIpc) is 3.19. The van der Waals surface area contributed by atoms with Gasteiger partial charge < -0.3 is 19.5 Å². The van der Waals surface area contributed by atoms with Crippen LogP contribution in [0, 0.1) is 5.82 Å². The van der Waals surface area contributed by atoms with Gasteiger partial charge in [0.1, 0.15) is 5.60 Å². The first-order valence-electron chi connectivity index (χ1n) is 10.4. The van der Waals surface area contributed by atoms with Crippen molar-refractivity contribution in [3.8, 4) is 0 Å². The van der Waals surface area contributed by atoms with Crippen LogP contribution in [0.4, 0.5) is 10.1 Å². The number of hydrogen-bond donors (Lipinski definition) is 1. The third-order valence-corrected chi connectivity index (χ3v) is 4.74. The number of benzene rings is 2. The minimum atomic E-state index is -0.731. The van der Waals surface area contributed by atoms with E-state index in [1.165, 1.54) is 0 Å². The molecule has 1 fully saturated rings. The molecule has 3 rings (SSSR count). The van der Waals surface area contributed by atoms with Crippen molar-refractivity contribution in [1.29, 1.82) is 0 Å². The van der Waals surface area contributed by atoms with Crippen molar-refractivity contribution in [2.24, 2.45) is 0 Å². The maximum absolute atomic E-state index is 15.3. The second-order valence-corrected chi connectivity index (χ2v) is 8.68. The molecule has 2 aromatic carbocycles. The summed E-state index contributed by atoms with van der Waals surface area (Å²) in [5, 5.41) is 3.15. The molecular weight excluding hydrogens is 397 g/mol. The largest absolute Gasteiger partial charge is 0.460 e. The number of hydrogen-bond acceptors (Lipinski definition) is 5. The number of nitrogens with one attached hydrogen (secondary N) is 1. The monoisotopic (exact) mass is 427 g/mol. The smallest absolute Gasteiger partial charge is 0.310 e. The Morgan fingerprint density at radius 2 is 1.87 bits per heavy atom. The van der Waals surface area contributed by atoms with Gasteiger partial charge in [0.25, 0.3) is 0 Å².